The quantitative estimate of drug-likeness (QED) is 0.722. The zero-order valence-corrected chi connectivity index (χ0v) is 9.17. The number of carbonyl (C=O) groups is 1. The molecule has 0 aromatic carbocycles. The van der Waals surface area contributed by atoms with Gasteiger partial charge in [0, 0.05) is 11.9 Å². The minimum atomic E-state index is -0.0406. The van der Waals surface area contributed by atoms with Crippen molar-refractivity contribution in [2.24, 2.45) is 5.92 Å². The number of hydrogen-bond donors (Lipinski definition) is 0. The topological polar surface area (TPSA) is 33.2 Å². The Labute approximate surface area is 93.1 Å². The Kier molecular flexibility index (Phi) is 3.02. The van der Waals surface area contributed by atoms with Gasteiger partial charge in [0.1, 0.15) is 5.69 Å². The molecule has 1 heterocycles. The Balaban J connectivity index is 2.03. The van der Waals surface area contributed by atoms with Gasteiger partial charge in [0.05, 0.1) is 12.1 Å². The summed E-state index contributed by atoms with van der Waals surface area (Å²) in [5, 5.41) is 1.76. The Morgan fingerprint density at radius 2 is 2.53 bits per heavy atom. The first kappa shape index (κ1) is 10.2. The fourth-order valence-corrected chi connectivity index (χ4v) is 1.95. The smallest absolute Gasteiger partial charge is 0.274 e. The van der Waals surface area contributed by atoms with Crippen LogP contribution >= 0.6 is 11.3 Å². The summed E-state index contributed by atoms with van der Waals surface area (Å²) in [6.07, 6.45) is 7.68. The van der Waals surface area contributed by atoms with Crippen molar-refractivity contribution < 1.29 is 4.79 Å². The molecular formula is C11H12N2OS. The minimum Gasteiger partial charge on any atom is -0.326 e. The number of terminal acetylenes is 1. The van der Waals surface area contributed by atoms with E-state index in [1.54, 1.807) is 15.8 Å². The van der Waals surface area contributed by atoms with E-state index in [9.17, 15) is 4.79 Å². The maximum absolute atomic E-state index is 11.9. The molecule has 0 N–H and O–H groups in total. The van der Waals surface area contributed by atoms with E-state index in [0.29, 0.717) is 18.2 Å². The average molecular weight is 220 g/mol. The third-order valence-corrected chi connectivity index (χ3v) is 2.98. The van der Waals surface area contributed by atoms with Gasteiger partial charge in [0.25, 0.3) is 5.91 Å². The second-order valence-corrected chi connectivity index (χ2v) is 4.43. The highest BCUT2D eigenvalue weighted by Crippen LogP contribution is 2.30. The molecule has 1 saturated carbocycles. The summed E-state index contributed by atoms with van der Waals surface area (Å²) >= 11 is 1.43. The summed E-state index contributed by atoms with van der Waals surface area (Å²) in [5.74, 6) is 3.14. The fourth-order valence-electron chi connectivity index (χ4n) is 1.42. The molecule has 0 bridgehead atoms. The zero-order chi connectivity index (χ0) is 10.7. The van der Waals surface area contributed by atoms with Gasteiger partial charge in [-0.25, -0.2) is 4.98 Å². The van der Waals surface area contributed by atoms with E-state index >= 15 is 0 Å². The van der Waals surface area contributed by atoms with Crippen LogP contribution in [-0.2, 0) is 0 Å². The average Bonchev–Trinajstić information content (AvgIpc) is 2.88. The number of aromatic nitrogens is 1. The SMILES string of the molecule is C#CCN(CC1CC1)C(=O)c1cscn1. The van der Waals surface area contributed by atoms with Crippen molar-refractivity contribution in [3.63, 3.8) is 0 Å². The van der Waals surface area contributed by atoms with Gasteiger partial charge >= 0.3 is 0 Å². The molecule has 0 radical (unpaired) electrons. The molecule has 1 aromatic rings. The fraction of sp³-hybridized carbons (Fsp3) is 0.455. The molecule has 1 fully saturated rings. The van der Waals surface area contributed by atoms with E-state index < -0.39 is 0 Å². The molecule has 3 nitrogen and oxygen atoms in total. The van der Waals surface area contributed by atoms with Crippen molar-refractivity contribution in [2.75, 3.05) is 13.1 Å². The van der Waals surface area contributed by atoms with E-state index in [-0.39, 0.29) is 5.91 Å². The largest absolute Gasteiger partial charge is 0.326 e. The first-order valence-electron chi connectivity index (χ1n) is 4.92. The highest BCUT2D eigenvalue weighted by molar-refractivity contribution is 7.07. The van der Waals surface area contributed by atoms with Gasteiger partial charge in [-0.15, -0.1) is 17.8 Å². The molecule has 2 rings (SSSR count). The van der Waals surface area contributed by atoms with Crippen LogP contribution in [0.25, 0.3) is 0 Å². The summed E-state index contributed by atoms with van der Waals surface area (Å²) in [7, 11) is 0. The molecule has 1 aliphatic rings. The monoisotopic (exact) mass is 220 g/mol. The maximum atomic E-state index is 11.9. The van der Waals surface area contributed by atoms with Crippen LogP contribution in [-0.4, -0.2) is 28.9 Å². The Bertz CT molecular complexity index is 376. The second kappa shape index (κ2) is 4.45. The summed E-state index contributed by atoms with van der Waals surface area (Å²) in [6, 6.07) is 0. The normalized spacial score (nSPS) is 14.6. The van der Waals surface area contributed by atoms with Crippen LogP contribution in [0.3, 0.4) is 0 Å². The van der Waals surface area contributed by atoms with Crippen molar-refractivity contribution >= 4 is 17.2 Å². The number of nitrogens with zero attached hydrogens (tertiary/aromatic N) is 2. The van der Waals surface area contributed by atoms with E-state index in [4.69, 9.17) is 6.42 Å². The molecule has 0 spiro atoms. The predicted octanol–water partition coefficient (Wildman–Crippen LogP) is 1.63. The van der Waals surface area contributed by atoms with Crippen LogP contribution in [0.15, 0.2) is 10.9 Å². The molecule has 1 amide bonds. The van der Waals surface area contributed by atoms with Gasteiger partial charge in [-0.3, -0.25) is 4.79 Å². The predicted molar refractivity (Wildman–Crippen MR) is 59.6 cm³/mol. The standard InChI is InChI=1S/C11H12N2OS/c1-2-5-13(6-9-3-4-9)11(14)10-7-15-8-12-10/h1,7-9H,3-6H2. The van der Waals surface area contributed by atoms with Crippen molar-refractivity contribution in [1.82, 2.24) is 9.88 Å². The number of carbonyl (C=O) groups excluding carboxylic acids is 1. The third-order valence-electron chi connectivity index (χ3n) is 2.40. The molecule has 1 aliphatic carbocycles. The molecule has 0 aliphatic heterocycles. The lowest BCUT2D eigenvalue weighted by Crippen LogP contribution is -2.33. The Morgan fingerprint density at radius 3 is 3.07 bits per heavy atom. The molecule has 15 heavy (non-hydrogen) atoms. The van der Waals surface area contributed by atoms with Crippen LogP contribution in [0.1, 0.15) is 23.3 Å². The van der Waals surface area contributed by atoms with Crippen LogP contribution < -0.4 is 0 Å². The van der Waals surface area contributed by atoms with Gasteiger partial charge in [-0.1, -0.05) is 5.92 Å². The summed E-state index contributed by atoms with van der Waals surface area (Å²) in [4.78, 5) is 17.7. The van der Waals surface area contributed by atoms with E-state index in [2.05, 4.69) is 10.9 Å². The van der Waals surface area contributed by atoms with Crippen molar-refractivity contribution in [2.45, 2.75) is 12.8 Å². The van der Waals surface area contributed by atoms with Gasteiger partial charge in [0.15, 0.2) is 0 Å². The molecule has 0 saturated heterocycles. The van der Waals surface area contributed by atoms with Crippen molar-refractivity contribution in [3.8, 4) is 12.3 Å². The molecule has 0 atom stereocenters. The first-order chi connectivity index (χ1) is 7.31. The van der Waals surface area contributed by atoms with Crippen LogP contribution in [0.4, 0.5) is 0 Å². The lowest BCUT2D eigenvalue weighted by molar-refractivity contribution is 0.0765. The van der Waals surface area contributed by atoms with E-state index in [1.165, 1.54) is 24.2 Å². The van der Waals surface area contributed by atoms with E-state index in [1.807, 2.05) is 0 Å². The van der Waals surface area contributed by atoms with Gasteiger partial charge < -0.3 is 4.90 Å². The summed E-state index contributed by atoms with van der Waals surface area (Å²) < 4.78 is 0. The molecule has 1 aromatic heterocycles. The maximum Gasteiger partial charge on any atom is 0.274 e. The number of rotatable bonds is 4. The van der Waals surface area contributed by atoms with Gasteiger partial charge in [-0.2, -0.15) is 0 Å². The van der Waals surface area contributed by atoms with Crippen LogP contribution in [0.2, 0.25) is 0 Å². The van der Waals surface area contributed by atoms with Gasteiger partial charge in [-0.05, 0) is 18.8 Å². The van der Waals surface area contributed by atoms with Gasteiger partial charge in [0.2, 0.25) is 0 Å². The Morgan fingerprint density at radius 1 is 1.73 bits per heavy atom. The number of amides is 1. The third kappa shape index (κ3) is 2.57. The highest BCUT2D eigenvalue weighted by Gasteiger charge is 2.27. The zero-order valence-electron chi connectivity index (χ0n) is 8.35. The van der Waals surface area contributed by atoms with Crippen molar-refractivity contribution in [1.29, 1.82) is 0 Å². The summed E-state index contributed by atoms with van der Waals surface area (Å²) in [5.41, 5.74) is 2.18. The Hall–Kier alpha value is -1.34. The highest BCUT2D eigenvalue weighted by atomic mass is 32.1. The van der Waals surface area contributed by atoms with Crippen LogP contribution in [0.5, 0.6) is 0 Å². The van der Waals surface area contributed by atoms with Crippen LogP contribution in [0, 0.1) is 18.3 Å². The molecule has 0 unspecified atom stereocenters. The number of thiazole rings is 1. The lowest BCUT2D eigenvalue weighted by Gasteiger charge is -2.18. The first-order valence-corrected chi connectivity index (χ1v) is 5.86. The minimum absolute atomic E-state index is 0.0406. The molecule has 4 heteroatoms. The lowest BCUT2D eigenvalue weighted by atomic mass is 10.3. The number of hydrogen-bond acceptors (Lipinski definition) is 3. The van der Waals surface area contributed by atoms with Crippen molar-refractivity contribution in [3.05, 3.63) is 16.6 Å². The molecule has 78 valence electrons. The van der Waals surface area contributed by atoms with E-state index in [0.717, 1.165) is 6.54 Å². The second-order valence-electron chi connectivity index (χ2n) is 3.71. The molecular weight excluding hydrogens is 208 g/mol. The summed E-state index contributed by atoms with van der Waals surface area (Å²) in [6.45, 7) is 1.16.